The number of hydrogen-bond acceptors (Lipinski definition) is 5. The maximum absolute atomic E-state index is 13.0. The minimum atomic E-state index is -1.36. The molecule has 1 rings (SSSR count). The van der Waals surface area contributed by atoms with E-state index in [9.17, 15) is 14.6 Å². The van der Waals surface area contributed by atoms with Crippen LogP contribution in [0.1, 0.15) is 18.1 Å². The minimum absolute atomic E-state index is 0.0276. The molecule has 0 aliphatic carbocycles. The van der Waals surface area contributed by atoms with E-state index in [1.54, 1.807) is 0 Å². The number of rotatable bonds is 6. The summed E-state index contributed by atoms with van der Waals surface area (Å²) in [5.74, 6) is -0.612. The third-order valence-corrected chi connectivity index (χ3v) is 2.31. The van der Waals surface area contributed by atoms with Gasteiger partial charge in [-0.3, -0.25) is 0 Å². The zero-order valence-corrected chi connectivity index (χ0v) is 9.69. The van der Waals surface area contributed by atoms with Crippen molar-refractivity contribution in [1.29, 1.82) is 0 Å². The molecule has 0 bridgehead atoms. The van der Waals surface area contributed by atoms with Gasteiger partial charge in [0.05, 0.1) is 19.4 Å². The van der Waals surface area contributed by atoms with Crippen LogP contribution < -0.4 is 4.74 Å². The molecule has 0 saturated carbocycles. The molecule has 8 heteroatoms. The number of aliphatic hydroxyl groups excluding tert-OH is 2. The van der Waals surface area contributed by atoms with Gasteiger partial charge < -0.3 is 14.9 Å². The summed E-state index contributed by atoms with van der Waals surface area (Å²) in [6.07, 6.45) is -1.57. The Labute approximate surface area is 102 Å². The van der Waals surface area contributed by atoms with Gasteiger partial charge in [-0.15, -0.1) is 0 Å². The highest BCUT2D eigenvalue weighted by atomic mass is 19.1. The van der Waals surface area contributed by atoms with Gasteiger partial charge in [0.1, 0.15) is 11.9 Å². The molecule has 0 amide bonds. The molecular weight excluding hydrogens is 243 g/mol. The van der Waals surface area contributed by atoms with E-state index in [-0.39, 0.29) is 24.4 Å². The molecule has 0 aromatic carbocycles. The van der Waals surface area contributed by atoms with Gasteiger partial charge in [-0.25, -0.2) is 9.37 Å². The van der Waals surface area contributed by atoms with Crippen LogP contribution in [0, 0.1) is 5.82 Å². The molecule has 0 fully saturated rings. The Kier molecular flexibility index (Phi) is 5.31. The molecule has 0 aliphatic heterocycles. The lowest BCUT2D eigenvalue weighted by Gasteiger charge is -2.18. The van der Waals surface area contributed by atoms with Gasteiger partial charge in [0.15, 0.2) is 0 Å². The van der Waals surface area contributed by atoms with E-state index < -0.39 is 18.0 Å². The molecule has 98 valence electrons. The highest BCUT2D eigenvalue weighted by Crippen LogP contribution is 2.27. The van der Waals surface area contributed by atoms with Crippen molar-refractivity contribution in [1.82, 2.24) is 4.98 Å². The predicted molar refractivity (Wildman–Crippen MR) is 60.3 cm³/mol. The summed E-state index contributed by atoms with van der Waals surface area (Å²) < 4.78 is 17.9. The summed E-state index contributed by atoms with van der Waals surface area (Å²) in [6, 6.07) is 1.04. The Bertz CT molecular complexity index is 451. The number of aromatic nitrogens is 1. The average molecular weight is 256 g/mol. The molecule has 2 atom stereocenters. The first-order chi connectivity index (χ1) is 8.60. The normalized spacial score (nSPS) is 13.6. The number of aliphatic hydroxyl groups is 2. The van der Waals surface area contributed by atoms with E-state index >= 15 is 0 Å². The number of halogens is 1. The monoisotopic (exact) mass is 256 g/mol. The van der Waals surface area contributed by atoms with Crippen LogP contribution in [-0.4, -0.2) is 35.0 Å². The van der Waals surface area contributed by atoms with Crippen LogP contribution >= 0.6 is 0 Å². The average Bonchev–Trinajstić information content (AvgIpc) is 2.38. The summed E-state index contributed by atoms with van der Waals surface area (Å²) in [5, 5.41) is 22.8. The van der Waals surface area contributed by atoms with E-state index in [1.165, 1.54) is 7.11 Å². The van der Waals surface area contributed by atoms with Crippen molar-refractivity contribution in [3.63, 3.8) is 0 Å². The zero-order valence-electron chi connectivity index (χ0n) is 9.69. The summed E-state index contributed by atoms with van der Waals surface area (Å²) >= 11 is 0. The van der Waals surface area contributed by atoms with Crippen LogP contribution in [0.3, 0.4) is 0 Å². The lowest BCUT2D eigenvalue weighted by molar-refractivity contribution is 0.0132. The summed E-state index contributed by atoms with van der Waals surface area (Å²) in [7, 11) is 1.32. The number of nitrogens with zero attached hydrogens (tertiary/aromatic N) is 4. The summed E-state index contributed by atoms with van der Waals surface area (Å²) in [6.45, 7) is 0.0276. The number of hydrogen-bond donors (Lipinski definition) is 2. The highest BCUT2D eigenvalue weighted by molar-refractivity contribution is 5.29. The number of methoxy groups -OCH3 is 1. The maximum atomic E-state index is 13.0. The van der Waals surface area contributed by atoms with Crippen molar-refractivity contribution in [3.8, 4) is 5.88 Å². The van der Waals surface area contributed by atoms with Crippen molar-refractivity contribution >= 4 is 0 Å². The van der Waals surface area contributed by atoms with Crippen molar-refractivity contribution < 1.29 is 19.3 Å². The van der Waals surface area contributed by atoms with Crippen LogP contribution in [0.4, 0.5) is 4.39 Å². The third-order valence-electron chi connectivity index (χ3n) is 2.31. The second-order valence-electron chi connectivity index (χ2n) is 3.51. The number of azide groups is 1. The fraction of sp³-hybridized carbons (Fsp3) is 0.500. The van der Waals surface area contributed by atoms with Gasteiger partial charge in [-0.2, -0.15) is 0 Å². The van der Waals surface area contributed by atoms with Gasteiger partial charge in [0, 0.05) is 17.0 Å². The van der Waals surface area contributed by atoms with Crippen molar-refractivity contribution in [3.05, 3.63) is 34.1 Å². The van der Waals surface area contributed by atoms with E-state index in [4.69, 9.17) is 10.3 Å². The molecule has 0 spiro atoms. The van der Waals surface area contributed by atoms with Crippen LogP contribution in [-0.2, 0) is 0 Å². The predicted octanol–water partition coefficient (Wildman–Crippen LogP) is 1.32. The van der Waals surface area contributed by atoms with E-state index in [2.05, 4.69) is 15.0 Å². The molecule has 0 saturated heterocycles. The maximum Gasteiger partial charge on any atom is 0.219 e. The molecule has 1 aromatic rings. The van der Waals surface area contributed by atoms with Gasteiger partial charge >= 0.3 is 0 Å². The minimum Gasteiger partial charge on any atom is -0.481 e. The van der Waals surface area contributed by atoms with E-state index in [0.29, 0.717) is 0 Å². The van der Waals surface area contributed by atoms with Crippen LogP contribution in [0.5, 0.6) is 5.88 Å². The molecule has 1 heterocycles. The first-order valence-corrected chi connectivity index (χ1v) is 5.16. The third kappa shape index (κ3) is 3.56. The molecule has 7 nitrogen and oxygen atoms in total. The molecule has 2 unspecified atom stereocenters. The number of pyridine rings is 1. The van der Waals surface area contributed by atoms with Gasteiger partial charge in [0.25, 0.3) is 0 Å². The lowest BCUT2D eigenvalue weighted by Crippen LogP contribution is -2.20. The SMILES string of the molecule is COc1ncc(F)cc1C(O)C(O)CCN=[N+]=[N-]. The number of ether oxygens (including phenoxy) is 1. The quantitative estimate of drug-likeness (QED) is 0.454. The van der Waals surface area contributed by atoms with Crippen molar-refractivity contribution in [2.75, 3.05) is 13.7 Å². The molecular formula is C10H13FN4O3. The van der Waals surface area contributed by atoms with Crippen LogP contribution in [0.25, 0.3) is 10.4 Å². The molecule has 2 N–H and O–H groups in total. The van der Waals surface area contributed by atoms with Gasteiger partial charge in [0.2, 0.25) is 5.88 Å². The van der Waals surface area contributed by atoms with Crippen LogP contribution in [0.2, 0.25) is 0 Å². The fourth-order valence-electron chi connectivity index (χ4n) is 1.42. The summed E-state index contributed by atoms with van der Waals surface area (Å²) in [5.41, 5.74) is 8.14. The second kappa shape index (κ2) is 6.75. The van der Waals surface area contributed by atoms with E-state index in [1.807, 2.05) is 0 Å². The molecule has 18 heavy (non-hydrogen) atoms. The van der Waals surface area contributed by atoms with Gasteiger partial charge in [-0.05, 0) is 18.0 Å². The Morgan fingerprint density at radius 3 is 2.94 bits per heavy atom. The topological polar surface area (TPSA) is 111 Å². The Hall–Kier alpha value is -1.89. The zero-order chi connectivity index (χ0) is 13.5. The van der Waals surface area contributed by atoms with Crippen molar-refractivity contribution in [2.45, 2.75) is 18.6 Å². The standard InChI is InChI=1S/C10H13FN4O3/c1-18-10-7(4-6(11)5-13-10)9(17)8(16)2-3-14-15-12/h4-5,8-9,16-17H,2-3H2,1H3. The molecule has 0 aliphatic rings. The Balaban J connectivity index is 2.84. The Morgan fingerprint density at radius 2 is 2.33 bits per heavy atom. The van der Waals surface area contributed by atoms with Gasteiger partial charge in [-0.1, -0.05) is 5.11 Å². The van der Waals surface area contributed by atoms with Crippen molar-refractivity contribution in [2.24, 2.45) is 5.11 Å². The largest absolute Gasteiger partial charge is 0.481 e. The fourth-order valence-corrected chi connectivity index (χ4v) is 1.42. The summed E-state index contributed by atoms with van der Waals surface area (Å²) in [4.78, 5) is 6.17. The highest BCUT2D eigenvalue weighted by Gasteiger charge is 2.22. The lowest BCUT2D eigenvalue weighted by atomic mass is 10.0. The first kappa shape index (κ1) is 14.2. The molecule has 1 aromatic heterocycles. The second-order valence-corrected chi connectivity index (χ2v) is 3.51. The molecule has 0 radical (unpaired) electrons. The smallest absolute Gasteiger partial charge is 0.219 e. The first-order valence-electron chi connectivity index (χ1n) is 5.16. The Morgan fingerprint density at radius 1 is 1.61 bits per heavy atom. The van der Waals surface area contributed by atoms with Crippen LogP contribution in [0.15, 0.2) is 17.4 Å². The van der Waals surface area contributed by atoms with E-state index in [0.717, 1.165) is 12.3 Å².